The number of ether oxygens (including phenoxy) is 1. The molecule has 2 rings (SSSR count). The lowest BCUT2D eigenvalue weighted by Gasteiger charge is -2.36. The molecular weight excluding hydrogens is 312 g/mol. The number of benzene rings is 1. The van der Waals surface area contributed by atoms with Gasteiger partial charge in [0.25, 0.3) is 0 Å². The van der Waals surface area contributed by atoms with E-state index in [0.717, 1.165) is 22.5 Å². The van der Waals surface area contributed by atoms with Crippen LogP contribution in [-0.4, -0.2) is 13.0 Å². The van der Waals surface area contributed by atoms with Crippen LogP contribution in [0.15, 0.2) is 22.7 Å². The van der Waals surface area contributed by atoms with Gasteiger partial charge in [0, 0.05) is 10.4 Å². The Labute approximate surface area is 123 Å². The molecule has 0 heterocycles. The van der Waals surface area contributed by atoms with E-state index in [1.807, 2.05) is 12.1 Å². The van der Waals surface area contributed by atoms with E-state index >= 15 is 0 Å². The van der Waals surface area contributed by atoms with Crippen molar-refractivity contribution >= 4 is 27.5 Å². The van der Waals surface area contributed by atoms with Crippen molar-refractivity contribution in [2.24, 2.45) is 5.41 Å². The number of hydrogen-bond acceptors (Lipinski definition) is 1. The maximum atomic E-state index is 6.27. The fourth-order valence-electron chi connectivity index (χ4n) is 2.95. The van der Waals surface area contributed by atoms with E-state index in [4.69, 9.17) is 16.3 Å². The molecule has 100 valence electrons. The van der Waals surface area contributed by atoms with E-state index in [1.165, 1.54) is 37.7 Å². The minimum absolute atomic E-state index is 0.272. The number of alkyl halides is 1. The minimum atomic E-state index is 0.272. The highest BCUT2D eigenvalue weighted by atomic mass is 79.9. The standard InChI is InChI=1S/C15H20BrClO/c1-18-14-6-5-13(16)9-12(14)10-15(11-17)7-3-2-4-8-15/h5-6,9H,2-4,7-8,10-11H2,1H3. The first-order valence-corrected chi connectivity index (χ1v) is 7.90. The number of rotatable bonds is 4. The van der Waals surface area contributed by atoms with E-state index in [9.17, 15) is 0 Å². The van der Waals surface area contributed by atoms with Crippen molar-refractivity contribution in [2.45, 2.75) is 38.5 Å². The number of methoxy groups -OCH3 is 1. The molecule has 0 saturated heterocycles. The Morgan fingerprint density at radius 2 is 2.00 bits per heavy atom. The summed E-state index contributed by atoms with van der Waals surface area (Å²) in [5, 5.41) is 0. The summed E-state index contributed by atoms with van der Waals surface area (Å²) in [5.74, 6) is 1.73. The maximum Gasteiger partial charge on any atom is 0.122 e. The molecule has 0 aliphatic heterocycles. The first kappa shape index (κ1) is 14.2. The van der Waals surface area contributed by atoms with Crippen LogP contribution in [-0.2, 0) is 6.42 Å². The van der Waals surface area contributed by atoms with Gasteiger partial charge in [-0.25, -0.2) is 0 Å². The molecular formula is C15H20BrClO. The molecule has 0 atom stereocenters. The first-order chi connectivity index (χ1) is 8.69. The average Bonchev–Trinajstić information content (AvgIpc) is 2.40. The lowest BCUT2D eigenvalue weighted by molar-refractivity contribution is 0.217. The molecule has 1 saturated carbocycles. The molecule has 1 aromatic rings. The Hall–Kier alpha value is -0.210. The van der Waals surface area contributed by atoms with Crippen LogP contribution < -0.4 is 4.74 Å². The van der Waals surface area contributed by atoms with Gasteiger partial charge in [0.05, 0.1) is 7.11 Å². The summed E-state index contributed by atoms with van der Waals surface area (Å²) in [4.78, 5) is 0. The van der Waals surface area contributed by atoms with Gasteiger partial charge in [-0.05, 0) is 48.4 Å². The van der Waals surface area contributed by atoms with Gasteiger partial charge in [-0.1, -0.05) is 35.2 Å². The summed E-state index contributed by atoms with van der Waals surface area (Å²) in [7, 11) is 1.74. The van der Waals surface area contributed by atoms with Crippen LogP contribution in [0.5, 0.6) is 5.75 Å². The Kier molecular flexibility index (Phi) is 4.97. The van der Waals surface area contributed by atoms with Gasteiger partial charge in [-0.3, -0.25) is 0 Å². The van der Waals surface area contributed by atoms with Crippen LogP contribution in [0.25, 0.3) is 0 Å². The Bertz CT molecular complexity index is 399. The second-order valence-electron chi connectivity index (χ2n) is 5.33. The lowest BCUT2D eigenvalue weighted by Crippen LogP contribution is -2.28. The largest absolute Gasteiger partial charge is 0.496 e. The van der Waals surface area contributed by atoms with Gasteiger partial charge in [0.2, 0.25) is 0 Å². The van der Waals surface area contributed by atoms with Crippen molar-refractivity contribution in [3.63, 3.8) is 0 Å². The molecule has 3 heteroatoms. The first-order valence-electron chi connectivity index (χ1n) is 6.57. The summed E-state index contributed by atoms with van der Waals surface area (Å²) in [5.41, 5.74) is 1.54. The van der Waals surface area contributed by atoms with Crippen molar-refractivity contribution in [3.05, 3.63) is 28.2 Å². The molecule has 0 spiro atoms. The van der Waals surface area contributed by atoms with Crippen LogP contribution >= 0.6 is 27.5 Å². The monoisotopic (exact) mass is 330 g/mol. The normalized spacial score (nSPS) is 18.6. The summed E-state index contributed by atoms with van der Waals surface area (Å²) >= 11 is 9.81. The molecule has 0 amide bonds. The quantitative estimate of drug-likeness (QED) is 0.690. The molecule has 0 bridgehead atoms. The zero-order valence-electron chi connectivity index (χ0n) is 10.8. The fraction of sp³-hybridized carbons (Fsp3) is 0.600. The van der Waals surface area contributed by atoms with Gasteiger partial charge in [-0.15, -0.1) is 11.6 Å². The Morgan fingerprint density at radius 3 is 2.61 bits per heavy atom. The maximum absolute atomic E-state index is 6.27. The Morgan fingerprint density at radius 1 is 1.28 bits per heavy atom. The molecule has 0 aromatic heterocycles. The third-order valence-corrected chi connectivity index (χ3v) is 5.07. The molecule has 0 unspecified atom stereocenters. The Balaban J connectivity index is 2.23. The van der Waals surface area contributed by atoms with Crippen molar-refractivity contribution in [1.29, 1.82) is 0 Å². The van der Waals surface area contributed by atoms with Crippen LogP contribution in [0.3, 0.4) is 0 Å². The number of hydrogen-bond donors (Lipinski definition) is 0. The van der Waals surface area contributed by atoms with Crippen molar-refractivity contribution in [2.75, 3.05) is 13.0 Å². The van der Waals surface area contributed by atoms with Crippen molar-refractivity contribution in [3.8, 4) is 5.75 Å². The topological polar surface area (TPSA) is 9.23 Å². The van der Waals surface area contributed by atoms with Crippen molar-refractivity contribution in [1.82, 2.24) is 0 Å². The zero-order valence-corrected chi connectivity index (χ0v) is 13.2. The number of halogens is 2. The van der Waals surface area contributed by atoms with Crippen LogP contribution in [0.4, 0.5) is 0 Å². The molecule has 0 radical (unpaired) electrons. The molecule has 1 aliphatic rings. The molecule has 0 N–H and O–H groups in total. The minimum Gasteiger partial charge on any atom is -0.496 e. The lowest BCUT2D eigenvalue weighted by atomic mass is 9.71. The molecule has 1 aromatic carbocycles. The van der Waals surface area contributed by atoms with E-state index in [1.54, 1.807) is 7.11 Å². The smallest absolute Gasteiger partial charge is 0.122 e. The SMILES string of the molecule is COc1ccc(Br)cc1CC1(CCl)CCCCC1. The third kappa shape index (κ3) is 3.21. The van der Waals surface area contributed by atoms with Gasteiger partial charge >= 0.3 is 0 Å². The summed E-state index contributed by atoms with van der Waals surface area (Å²) < 4.78 is 6.58. The van der Waals surface area contributed by atoms with E-state index in [-0.39, 0.29) is 5.41 Å². The van der Waals surface area contributed by atoms with E-state index < -0.39 is 0 Å². The second-order valence-corrected chi connectivity index (χ2v) is 6.51. The van der Waals surface area contributed by atoms with E-state index in [2.05, 4.69) is 22.0 Å². The highest BCUT2D eigenvalue weighted by Gasteiger charge is 2.32. The van der Waals surface area contributed by atoms with E-state index in [0.29, 0.717) is 0 Å². The second kappa shape index (κ2) is 6.29. The molecule has 1 aliphatic carbocycles. The summed E-state index contributed by atoms with van der Waals surface area (Å²) in [6.07, 6.45) is 7.48. The fourth-order valence-corrected chi connectivity index (χ4v) is 3.72. The molecule has 1 fully saturated rings. The third-order valence-electron chi connectivity index (χ3n) is 4.01. The van der Waals surface area contributed by atoms with Gasteiger partial charge < -0.3 is 4.74 Å². The molecule has 18 heavy (non-hydrogen) atoms. The molecule has 1 nitrogen and oxygen atoms in total. The summed E-state index contributed by atoms with van der Waals surface area (Å²) in [6.45, 7) is 0. The van der Waals surface area contributed by atoms with Gasteiger partial charge in [0.1, 0.15) is 5.75 Å². The predicted octanol–water partition coefficient (Wildman–Crippen LogP) is 5.19. The predicted molar refractivity (Wildman–Crippen MR) is 80.6 cm³/mol. The van der Waals surface area contributed by atoms with Gasteiger partial charge in [0.15, 0.2) is 0 Å². The van der Waals surface area contributed by atoms with Crippen molar-refractivity contribution < 1.29 is 4.74 Å². The summed E-state index contributed by atoms with van der Waals surface area (Å²) in [6, 6.07) is 6.22. The highest BCUT2D eigenvalue weighted by molar-refractivity contribution is 9.10. The highest BCUT2D eigenvalue weighted by Crippen LogP contribution is 2.42. The van der Waals surface area contributed by atoms with Crippen LogP contribution in [0.2, 0.25) is 0 Å². The average molecular weight is 332 g/mol. The van der Waals surface area contributed by atoms with Gasteiger partial charge in [-0.2, -0.15) is 0 Å². The van der Waals surface area contributed by atoms with Crippen LogP contribution in [0.1, 0.15) is 37.7 Å². The zero-order chi connectivity index (χ0) is 13.0. The van der Waals surface area contributed by atoms with Crippen LogP contribution in [0, 0.1) is 5.41 Å².